The second kappa shape index (κ2) is 4.50. The van der Waals surface area contributed by atoms with E-state index in [1.165, 1.54) is 0 Å². The van der Waals surface area contributed by atoms with Crippen LogP contribution in [0.4, 0.5) is 11.4 Å². The molecule has 0 spiro atoms. The maximum Gasteiger partial charge on any atom is 0.338 e. The van der Waals surface area contributed by atoms with E-state index in [-0.39, 0.29) is 5.57 Å². The molecule has 0 aliphatic rings. The van der Waals surface area contributed by atoms with E-state index >= 15 is 0 Å². The molecule has 0 aliphatic carbocycles. The van der Waals surface area contributed by atoms with E-state index in [9.17, 15) is 4.79 Å². The van der Waals surface area contributed by atoms with Crippen LogP contribution in [0.2, 0.25) is 0 Å². The average Bonchev–Trinajstić information content (AvgIpc) is 2.17. The maximum atomic E-state index is 11.4. The van der Waals surface area contributed by atoms with E-state index in [0.717, 1.165) is 0 Å². The lowest BCUT2D eigenvalue weighted by Gasteiger charge is -2.08. The molecule has 1 aromatic carbocycles. The van der Waals surface area contributed by atoms with Crippen LogP contribution in [0.25, 0.3) is 5.57 Å². The lowest BCUT2D eigenvalue weighted by Crippen LogP contribution is -2.07. The molecular formula is C11H14N2O2. The lowest BCUT2D eigenvalue weighted by molar-refractivity contribution is -0.136. The molecule has 0 saturated carbocycles. The zero-order valence-corrected chi connectivity index (χ0v) is 8.62. The molecule has 0 aromatic heterocycles. The molecule has 0 saturated heterocycles. The van der Waals surface area contributed by atoms with E-state index in [2.05, 4.69) is 6.58 Å². The van der Waals surface area contributed by atoms with Crippen LogP contribution in [0, 0.1) is 0 Å². The predicted octanol–water partition coefficient (Wildman–Crippen LogP) is 1.43. The van der Waals surface area contributed by atoms with Gasteiger partial charge in [-0.15, -0.1) is 0 Å². The number of benzene rings is 1. The lowest BCUT2D eigenvalue weighted by atomic mass is 10.1. The highest BCUT2D eigenvalue weighted by Gasteiger charge is 2.12. The van der Waals surface area contributed by atoms with Gasteiger partial charge in [0.25, 0.3) is 0 Å². The molecule has 0 radical (unpaired) electrons. The number of hydrogen-bond acceptors (Lipinski definition) is 4. The number of nitrogen functional groups attached to an aromatic ring is 2. The fourth-order valence-corrected chi connectivity index (χ4v) is 1.18. The number of hydrogen-bond donors (Lipinski definition) is 2. The van der Waals surface area contributed by atoms with Gasteiger partial charge in [0.2, 0.25) is 0 Å². The van der Waals surface area contributed by atoms with Crippen LogP contribution >= 0.6 is 0 Å². The molecule has 4 heteroatoms. The van der Waals surface area contributed by atoms with Crippen LogP contribution < -0.4 is 11.5 Å². The highest BCUT2D eigenvalue weighted by atomic mass is 16.5. The highest BCUT2D eigenvalue weighted by Crippen LogP contribution is 2.23. The Morgan fingerprint density at radius 3 is 2.67 bits per heavy atom. The van der Waals surface area contributed by atoms with Gasteiger partial charge in [-0.05, 0) is 19.1 Å². The largest absolute Gasteiger partial charge is 0.462 e. The van der Waals surface area contributed by atoms with E-state index in [1.54, 1.807) is 25.1 Å². The van der Waals surface area contributed by atoms with Gasteiger partial charge >= 0.3 is 5.97 Å². The Balaban J connectivity index is 2.96. The summed E-state index contributed by atoms with van der Waals surface area (Å²) in [6.07, 6.45) is 0. The number of carbonyl (C=O) groups is 1. The Kier molecular flexibility index (Phi) is 3.33. The van der Waals surface area contributed by atoms with E-state index in [1.807, 2.05) is 0 Å². The Morgan fingerprint density at radius 2 is 2.13 bits per heavy atom. The second-order valence-corrected chi connectivity index (χ2v) is 3.05. The van der Waals surface area contributed by atoms with Crippen molar-refractivity contribution >= 4 is 22.9 Å². The van der Waals surface area contributed by atoms with Crippen molar-refractivity contribution in [1.82, 2.24) is 0 Å². The summed E-state index contributed by atoms with van der Waals surface area (Å²) >= 11 is 0. The number of anilines is 2. The summed E-state index contributed by atoms with van der Waals surface area (Å²) in [6.45, 7) is 5.68. The summed E-state index contributed by atoms with van der Waals surface area (Å²) in [7, 11) is 0. The van der Waals surface area contributed by atoms with Gasteiger partial charge in [-0.1, -0.05) is 12.6 Å². The Bertz CT molecular complexity index is 400. The van der Waals surface area contributed by atoms with Gasteiger partial charge in [0.05, 0.1) is 12.2 Å². The van der Waals surface area contributed by atoms with Gasteiger partial charge in [0.1, 0.15) is 0 Å². The van der Waals surface area contributed by atoms with E-state index in [0.29, 0.717) is 23.5 Å². The summed E-state index contributed by atoms with van der Waals surface area (Å²) in [5.41, 5.74) is 13.0. The number of rotatable bonds is 3. The molecule has 0 aliphatic heterocycles. The molecule has 0 amide bonds. The average molecular weight is 206 g/mol. The standard InChI is InChI=1S/C11H14N2O2/c1-3-15-11(14)7(2)9-5-4-8(12)6-10(9)13/h4-6H,2-3,12-13H2,1H3. The SMILES string of the molecule is C=C(C(=O)OCC)c1ccc(N)cc1N. The summed E-state index contributed by atoms with van der Waals surface area (Å²) in [5, 5.41) is 0. The monoisotopic (exact) mass is 206 g/mol. The van der Waals surface area contributed by atoms with Crippen molar-refractivity contribution in [1.29, 1.82) is 0 Å². The fourth-order valence-electron chi connectivity index (χ4n) is 1.18. The van der Waals surface area contributed by atoms with Crippen molar-refractivity contribution in [3.05, 3.63) is 30.3 Å². The van der Waals surface area contributed by atoms with Gasteiger partial charge in [0, 0.05) is 16.9 Å². The van der Waals surface area contributed by atoms with Crippen molar-refractivity contribution in [2.75, 3.05) is 18.1 Å². The quantitative estimate of drug-likeness (QED) is 0.445. The van der Waals surface area contributed by atoms with Crippen molar-refractivity contribution in [2.45, 2.75) is 6.92 Å². The molecular weight excluding hydrogens is 192 g/mol. The van der Waals surface area contributed by atoms with Gasteiger partial charge in [-0.2, -0.15) is 0 Å². The summed E-state index contributed by atoms with van der Waals surface area (Å²) in [4.78, 5) is 11.4. The molecule has 0 fully saturated rings. The summed E-state index contributed by atoms with van der Waals surface area (Å²) in [5.74, 6) is -0.464. The number of nitrogens with two attached hydrogens (primary N) is 2. The summed E-state index contributed by atoms with van der Waals surface area (Å²) in [6, 6.07) is 4.90. The highest BCUT2D eigenvalue weighted by molar-refractivity contribution is 6.17. The van der Waals surface area contributed by atoms with Crippen LogP contribution in [-0.4, -0.2) is 12.6 Å². The molecule has 1 aromatic rings. The molecule has 4 nitrogen and oxygen atoms in total. The predicted molar refractivity (Wildman–Crippen MR) is 60.9 cm³/mol. The summed E-state index contributed by atoms with van der Waals surface area (Å²) < 4.78 is 4.82. The molecule has 0 atom stereocenters. The van der Waals surface area contributed by atoms with Gasteiger partial charge in [-0.3, -0.25) is 0 Å². The zero-order valence-electron chi connectivity index (χ0n) is 8.62. The molecule has 0 heterocycles. The minimum absolute atomic E-state index is 0.245. The number of carbonyl (C=O) groups excluding carboxylic acids is 1. The van der Waals surface area contributed by atoms with Crippen LogP contribution in [0.5, 0.6) is 0 Å². The smallest absolute Gasteiger partial charge is 0.338 e. The fraction of sp³-hybridized carbons (Fsp3) is 0.182. The minimum Gasteiger partial charge on any atom is -0.462 e. The molecule has 1 rings (SSSR count). The number of esters is 1. The third-order valence-corrected chi connectivity index (χ3v) is 1.92. The minimum atomic E-state index is -0.464. The first-order valence-electron chi connectivity index (χ1n) is 4.57. The van der Waals surface area contributed by atoms with Gasteiger partial charge < -0.3 is 16.2 Å². The molecule has 80 valence electrons. The third-order valence-electron chi connectivity index (χ3n) is 1.92. The first-order chi connectivity index (χ1) is 7.06. The Hall–Kier alpha value is -1.97. The van der Waals surface area contributed by atoms with Crippen LogP contribution in [-0.2, 0) is 9.53 Å². The molecule has 0 bridgehead atoms. The first kappa shape index (κ1) is 11.1. The molecule has 4 N–H and O–H groups in total. The van der Waals surface area contributed by atoms with Crippen LogP contribution in [0.15, 0.2) is 24.8 Å². The zero-order chi connectivity index (χ0) is 11.4. The second-order valence-electron chi connectivity index (χ2n) is 3.05. The van der Waals surface area contributed by atoms with Crippen LogP contribution in [0.1, 0.15) is 12.5 Å². The molecule has 0 unspecified atom stereocenters. The van der Waals surface area contributed by atoms with E-state index in [4.69, 9.17) is 16.2 Å². The van der Waals surface area contributed by atoms with Crippen molar-refractivity contribution in [3.8, 4) is 0 Å². The van der Waals surface area contributed by atoms with Gasteiger partial charge in [0.15, 0.2) is 0 Å². The number of ether oxygens (including phenoxy) is 1. The van der Waals surface area contributed by atoms with Crippen LogP contribution in [0.3, 0.4) is 0 Å². The molecule has 15 heavy (non-hydrogen) atoms. The maximum absolute atomic E-state index is 11.4. The topological polar surface area (TPSA) is 78.3 Å². The first-order valence-corrected chi connectivity index (χ1v) is 4.57. The van der Waals surface area contributed by atoms with Gasteiger partial charge in [-0.25, -0.2) is 4.79 Å². The Morgan fingerprint density at radius 1 is 1.47 bits per heavy atom. The van der Waals surface area contributed by atoms with E-state index < -0.39 is 5.97 Å². The normalized spacial score (nSPS) is 9.67. The third kappa shape index (κ3) is 2.49. The van der Waals surface area contributed by atoms with Crippen molar-refractivity contribution in [2.24, 2.45) is 0 Å². The van der Waals surface area contributed by atoms with Crippen molar-refractivity contribution < 1.29 is 9.53 Å². The van der Waals surface area contributed by atoms with Crippen molar-refractivity contribution in [3.63, 3.8) is 0 Å². The Labute approximate surface area is 88.5 Å².